The highest BCUT2D eigenvalue weighted by atomic mass is 32.1. The summed E-state index contributed by atoms with van der Waals surface area (Å²) in [5.41, 5.74) is 1.12. The molecule has 2 atom stereocenters. The van der Waals surface area contributed by atoms with E-state index in [1.54, 1.807) is 0 Å². The number of rotatable bonds is 7. The molecule has 1 aromatic heterocycles. The molecule has 178 valence electrons. The first-order valence-corrected chi connectivity index (χ1v) is 12.6. The second kappa shape index (κ2) is 11.1. The summed E-state index contributed by atoms with van der Waals surface area (Å²) >= 11 is 5.52. The van der Waals surface area contributed by atoms with Gasteiger partial charge in [-0.05, 0) is 73.9 Å². The van der Waals surface area contributed by atoms with Crippen molar-refractivity contribution >= 4 is 34.9 Å². The molecule has 8 heteroatoms. The Kier molecular flexibility index (Phi) is 7.96. The van der Waals surface area contributed by atoms with Crippen molar-refractivity contribution in [3.05, 3.63) is 41.7 Å². The maximum Gasteiger partial charge on any atom is 0.232 e. The normalized spacial score (nSPS) is 20.7. The van der Waals surface area contributed by atoms with Crippen LogP contribution in [0.2, 0.25) is 0 Å². The van der Waals surface area contributed by atoms with E-state index in [4.69, 9.17) is 22.2 Å². The summed E-state index contributed by atoms with van der Waals surface area (Å²) in [6, 6.07) is 8.80. The molecule has 2 N–H and O–H groups in total. The van der Waals surface area contributed by atoms with Crippen molar-refractivity contribution in [2.24, 2.45) is 11.8 Å². The molecule has 0 radical (unpaired) electrons. The zero-order valence-electron chi connectivity index (χ0n) is 19.7. The Morgan fingerprint density at radius 2 is 1.67 bits per heavy atom. The molecule has 0 spiro atoms. The lowest BCUT2D eigenvalue weighted by molar-refractivity contribution is 0.355. The number of aryl methyl sites for hydroxylation is 1. The first-order valence-electron chi connectivity index (χ1n) is 12.1. The summed E-state index contributed by atoms with van der Waals surface area (Å²) in [6.07, 6.45) is 5.43. The van der Waals surface area contributed by atoms with Crippen molar-refractivity contribution in [3.8, 4) is 0 Å². The molecular formula is C25H35FN6S. The van der Waals surface area contributed by atoms with Gasteiger partial charge in [0, 0.05) is 38.8 Å². The van der Waals surface area contributed by atoms with E-state index >= 15 is 0 Å². The Labute approximate surface area is 202 Å². The SMILES string of the molecule is C[C@@H]1C[C@@H](C)CN(c2cc(N3CCCC3)nc(NC(=S)NCCCc3ccc(F)cc3)n2)C1. The molecule has 0 bridgehead atoms. The number of anilines is 3. The number of benzene rings is 1. The Morgan fingerprint density at radius 1 is 1.03 bits per heavy atom. The van der Waals surface area contributed by atoms with E-state index in [2.05, 4.69) is 40.3 Å². The van der Waals surface area contributed by atoms with Gasteiger partial charge in [0.25, 0.3) is 0 Å². The van der Waals surface area contributed by atoms with Gasteiger partial charge in [-0.3, -0.25) is 0 Å². The van der Waals surface area contributed by atoms with Gasteiger partial charge in [0.2, 0.25) is 5.95 Å². The van der Waals surface area contributed by atoms with Gasteiger partial charge in [-0.15, -0.1) is 0 Å². The lowest BCUT2D eigenvalue weighted by Crippen LogP contribution is -2.39. The van der Waals surface area contributed by atoms with Crippen molar-refractivity contribution in [2.75, 3.05) is 47.8 Å². The van der Waals surface area contributed by atoms with E-state index in [0.717, 1.165) is 62.8 Å². The summed E-state index contributed by atoms with van der Waals surface area (Å²) in [4.78, 5) is 14.4. The number of thiocarbonyl (C=S) groups is 1. The van der Waals surface area contributed by atoms with Crippen molar-refractivity contribution in [1.29, 1.82) is 0 Å². The standard InChI is InChI=1S/C25H35FN6S/c1-18-14-19(2)17-32(16-18)23-15-22(31-12-3-4-13-31)28-24(29-23)30-25(33)27-11-5-6-20-7-9-21(26)10-8-20/h7-10,15,18-19H,3-6,11-14,16-17H2,1-2H3,(H2,27,28,29,30,33)/t18-,19-/m1/s1. The number of hydrogen-bond donors (Lipinski definition) is 2. The molecule has 2 saturated heterocycles. The molecule has 33 heavy (non-hydrogen) atoms. The second-order valence-corrected chi connectivity index (χ2v) is 9.97. The van der Waals surface area contributed by atoms with Crippen molar-refractivity contribution in [1.82, 2.24) is 15.3 Å². The summed E-state index contributed by atoms with van der Waals surface area (Å²) in [5, 5.41) is 6.99. The van der Waals surface area contributed by atoms with Crippen LogP contribution in [0.4, 0.5) is 22.0 Å². The fourth-order valence-corrected chi connectivity index (χ4v) is 5.08. The summed E-state index contributed by atoms with van der Waals surface area (Å²) in [5.74, 6) is 3.61. The van der Waals surface area contributed by atoms with Gasteiger partial charge in [-0.2, -0.15) is 9.97 Å². The topological polar surface area (TPSA) is 56.3 Å². The highest BCUT2D eigenvalue weighted by molar-refractivity contribution is 7.80. The van der Waals surface area contributed by atoms with E-state index in [1.807, 2.05) is 12.1 Å². The zero-order valence-corrected chi connectivity index (χ0v) is 20.5. The fraction of sp³-hybridized carbons (Fsp3) is 0.560. The van der Waals surface area contributed by atoms with Crippen LogP contribution in [0, 0.1) is 17.7 Å². The third kappa shape index (κ3) is 6.76. The number of halogens is 1. The number of piperidine rings is 1. The van der Waals surface area contributed by atoms with Gasteiger partial charge in [0.1, 0.15) is 17.5 Å². The molecule has 2 fully saturated rings. The summed E-state index contributed by atoms with van der Waals surface area (Å²) in [6.45, 7) is 9.47. The largest absolute Gasteiger partial charge is 0.362 e. The second-order valence-electron chi connectivity index (χ2n) is 9.56. The van der Waals surface area contributed by atoms with Crippen LogP contribution in [-0.4, -0.2) is 47.8 Å². The van der Waals surface area contributed by atoms with Gasteiger partial charge >= 0.3 is 0 Å². The maximum atomic E-state index is 13.0. The molecule has 3 heterocycles. The molecule has 1 aromatic carbocycles. The summed E-state index contributed by atoms with van der Waals surface area (Å²) in [7, 11) is 0. The predicted octanol–water partition coefficient (Wildman–Crippen LogP) is 4.62. The number of nitrogens with zero attached hydrogens (tertiary/aromatic N) is 4. The maximum absolute atomic E-state index is 13.0. The Balaban J connectivity index is 1.38. The van der Waals surface area contributed by atoms with E-state index in [1.165, 1.54) is 31.4 Å². The van der Waals surface area contributed by atoms with Crippen molar-refractivity contribution in [3.63, 3.8) is 0 Å². The molecule has 2 aliphatic heterocycles. The third-order valence-corrected chi connectivity index (χ3v) is 6.63. The van der Waals surface area contributed by atoms with Gasteiger partial charge in [-0.1, -0.05) is 26.0 Å². The Bertz CT molecular complexity index is 921. The van der Waals surface area contributed by atoms with E-state index < -0.39 is 0 Å². The lowest BCUT2D eigenvalue weighted by Gasteiger charge is -2.36. The minimum Gasteiger partial charge on any atom is -0.362 e. The average molecular weight is 471 g/mol. The predicted molar refractivity (Wildman–Crippen MR) is 138 cm³/mol. The Morgan fingerprint density at radius 3 is 2.33 bits per heavy atom. The quantitative estimate of drug-likeness (QED) is 0.452. The molecule has 0 unspecified atom stereocenters. The molecule has 0 saturated carbocycles. The highest BCUT2D eigenvalue weighted by Crippen LogP contribution is 2.29. The Hall–Kier alpha value is -2.48. The lowest BCUT2D eigenvalue weighted by atomic mass is 9.92. The molecule has 0 aliphatic carbocycles. The van der Waals surface area contributed by atoms with E-state index in [0.29, 0.717) is 22.9 Å². The van der Waals surface area contributed by atoms with Gasteiger partial charge in [0.15, 0.2) is 5.11 Å². The first-order chi connectivity index (χ1) is 16.0. The fourth-order valence-electron chi connectivity index (χ4n) is 4.89. The van der Waals surface area contributed by atoms with Crippen molar-refractivity contribution in [2.45, 2.75) is 46.0 Å². The van der Waals surface area contributed by atoms with Gasteiger partial charge < -0.3 is 20.4 Å². The van der Waals surface area contributed by atoms with Crippen LogP contribution in [0.5, 0.6) is 0 Å². The van der Waals surface area contributed by atoms with E-state index in [9.17, 15) is 4.39 Å². The van der Waals surface area contributed by atoms with Crippen LogP contribution in [0.25, 0.3) is 0 Å². The minimum atomic E-state index is -0.203. The van der Waals surface area contributed by atoms with Crippen molar-refractivity contribution < 1.29 is 4.39 Å². The number of aromatic nitrogens is 2. The highest BCUT2D eigenvalue weighted by Gasteiger charge is 2.25. The molecule has 2 aliphatic rings. The molecule has 2 aromatic rings. The van der Waals surface area contributed by atoms with Crippen LogP contribution in [0.1, 0.15) is 45.1 Å². The number of nitrogens with one attached hydrogen (secondary N) is 2. The molecule has 6 nitrogen and oxygen atoms in total. The smallest absolute Gasteiger partial charge is 0.232 e. The third-order valence-electron chi connectivity index (χ3n) is 6.39. The van der Waals surface area contributed by atoms with Crippen LogP contribution in [-0.2, 0) is 6.42 Å². The van der Waals surface area contributed by atoms with Crippen LogP contribution in [0.15, 0.2) is 30.3 Å². The average Bonchev–Trinajstić information content (AvgIpc) is 3.32. The van der Waals surface area contributed by atoms with Gasteiger partial charge in [0.05, 0.1) is 0 Å². The monoisotopic (exact) mass is 470 g/mol. The molecular weight excluding hydrogens is 435 g/mol. The van der Waals surface area contributed by atoms with Crippen LogP contribution < -0.4 is 20.4 Å². The number of hydrogen-bond acceptors (Lipinski definition) is 5. The van der Waals surface area contributed by atoms with Gasteiger partial charge in [-0.25, -0.2) is 4.39 Å². The zero-order chi connectivity index (χ0) is 23.2. The molecule has 0 amide bonds. The van der Waals surface area contributed by atoms with Crippen LogP contribution >= 0.6 is 12.2 Å². The minimum absolute atomic E-state index is 0.203. The summed E-state index contributed by atoms with van der Waals surface area (Å²) < 4.78 is 13.0. The van der Waals surface area contributed by atoms with Crippen LogP contribution in [0.3, 0.4) is 0 Å². The van der Waals surface area contributed by atoms with E-state index in [-0.39, 0.29) is 5.82 Å². The first kappa shape index (κ1) is 23.7. The molecule has 4 rings (SSSR count).